The molecule has 3 nitrogen and oxygen atoms in total. The van der Waals surface area contributed by atoms with Crippen molar-refractivity contribution in [3.63, 3.8) is 0 Å². The Bertz CT molecular complexity index is 200. The predicted octanol–water partition coefficient (Wildman–Crippen LogP) is 1.06. The van der Waals surface area contributed by atoms with Gasteiger partial charge < -0.3 is 5.11 Å². The van der Waals surface area contributed by atoms with Crippen LogP contribution in [0.4, 0.5) is 0 Å². The summed E-state index contributed by atoms with van der Waals surface area (Å²) in [4.78, 5) is 13.8. The van der Waals surface area contributed by atoms with E-state index in [1.54, 1.807) is 0 Å². The van der Waals surface area contributed by atoms with Gasteiger partial charge in [-0.3, -0.25) is 9.69 Å². The maximum Gasteiger partial charge on any atom is 0.152 e. The van der Waals surface area contributed by atoms with Crippen molar-refractivity contribution in [2.75, 3.05) is 19.6 Å². The maximum atomic E-state index is 11.7. The molecule has 0 aromatic carbocycles. The van der Waals surface area contributed by atoms with Crippen LogP contribution in [0.5, 0.6) is 0 Å². The molecule has 1 saturated heterocycles. The standard InChI is InChI=1S/C11H21NO2/c1-11(2,3)10(14)8-12-6-4-9(13)5-7-12/h9,13H,4-8H2,1-3H3. The Morgan fingerprint density at radius 3 is 2.29 bits per heavy atom. The van der Waals surface area contributed by atoms with E-state index in [1.165, 1.54) is 0 Å². The highest BCUT2D eigenvalue weighted by Gasteiger charge is 2.25. The molecule has 0 radical (unpaired) electrons. The zero-order chi connectivity index (χ0) is 10.8. The van der Waals surface area contributed by atoms with E-state index in [2.05, 4.69) is 4.90 Å². The first kappa shape index (κ1) is 11.7. The molecule has 3 heteroatoms. The highest BCUT2D eigenvalue weighted by Crippen LogP contribution is 2.17. The Morgan fingerprint density at radius 1 is 1.36 bits per heavy atom. The van der Waals surface area contributed by atoms with Gasteiger partial charge in [-0.2, -0.15) is 0 Å². The van der Waals surface area contributed by atoms with Crippen molar-refractivity contribution in [1.82, 2.24) is 4.90 Å². The summed E-state index contributed by atoms with van der Waals surface area (Å²) in [5.41, 5.74) is -0.240. The van der Waals surface area contributed by atoms with Crippen LogP contribution in [-0.2, 0) is 4.79 Å². The Labute approximate surface area is 86.1 Å². The van der Waals surface area contributed by atoms with E-state index in [0.717, 1.165) is 25.9 Å². The molecule has 0 aromatic heterocycles. The Kier molecular flexibility index (Phi) is 3.67. The number of aliphatic hydroxyl groups is 1. The summed E-state index contributed by atoms with van der Waals surface area (Å²) in [6.07, 6.45) is 1.45. The van der Waals surface area contributed by atoms with Crippen LogP contribution in [0.3, 0.4) is 0 Å². The second-order valence-corrected chi connectivity index (χ2v) is 5.18. The molecule has 0 saturated carbocycles. The van der Waals surface area contributed by atoms with Gasteiger partial charge in [-0.25, -0.2) is 0 Å². The van der Waals surface area contributed by atoms with Gasteiger partial charge in [0.15, 0.2) is 5.78 Å². The molecular weight excluding hydrogens is 178 g/mol. The SMILES string of the molecule is CC(C)(C)C(=O)CN1CCC(O)CC1. The first-order valence-corrected chi connectivity index (χ1v) is 5.33. The molecule has 1 rings (SSSR count). The molecule has 14 heavy (non-hydrogen) atoms. The third-order valence-electron chi connectivity index (χ3n) is 2.76. The molecule has 0 aromatic rings. The number of piperidine rings is 1. The average molecular weight is 199 g/mol. The Balaban J connectivity index is 2.35. The molecule has 1 aliphatic rings. The predicted molar refractivity (Wildman–Crippen MR) is 56.1 cm³/mol. The van der Waals surface area contributed by atoms with Gasteiger partial charge in [0, 0.05) is 18.5 Å². The zero-order valence-electron chi connectivity index (χ0n) is 9.42. The lowest BCUT2D eigenvalue weighted by Crippen LogP contribution is -2.41. The van der Waals surface area contributed by atoms with Crippen LogP contribution in [0.2, 0.25) is 0 Å². The molecule has 1 fully saturated rings. The molecular formula is C11H21NO2. The fraction of sp³-hybridized carbons (Fsp3) is 0.909. The Hall–Kier alpha value is -0.410. The molecule has 0 spiro atoms. The van der Waals surface area contributed by atoms with E-state index in [-0.39, 0.29) is 17.3 Å². The summed E-state index contributed by atoms with van der Waals surface area (Å²) in [7, 11) is 0. The van der Waals surface area contributed by atoms with Crippen molar-refractivity contribution in [3.8, 4) is 0 Å². The second-order valence-electron chi connectivity index (χ2n) is 5.18. The summed E-state index contributed by atoms with van der Waals surface area (Å²) in [5.74, 6) is 0.286. The van der Waals surface area contributed by atoms with E-state index in [9.17, 15) is 9.90 Å². The van der Waals surface area contributed by atoms with Crippen LogP contribution >= 0.6 is 0 Å². The number of hydrogen-bond acceptors (Lipinski definition) is 3. The van der Waals surface area contributed by atoms with Gasteiger partial charge in [0.25, 0.3) is 0 Å². The minimum atomic E-state index is -0.240. The van der Waals surface area contributed by atoms with Gasteiger partial charge in [0.05, 0.1) is 12.6 Å². The van der Waals surface area contributed by atoms with Crippen LogP contribution < -0.4 is 0 Å². The van der Waals surface area contributed by atoms with Gasteiger partial charge >= 0.3 is 0 Å². The van der Waals surface area contributed by atoms with Crippen LogP contribution in [0.1, 0.15) is 33.6 Å². The quantitative estimate of drug-likeness (QED) is 0.723. The van der Waals surface area contributed by atoms with Gasteiger partial charge in [0.1, 0.15) is 0 Å². The van der Waals surface area contributed by atoms with E-state index in [1.807, 2.05) is 20.8 Å². The number of nitrogens with zero attached hydrogens (tertiary/aromatic N) is 1. The van der Waals surface area contributed by atoms with E-state index < -0.39 is 0 Å². The first-order valence-electron chi connectivity index (χ1n) is 5.33. The van der Waals surface area contributed by atoms with Crippen molar-refractivity contribution in [2.24, 2.45) is 5.41 Å². The number of carbonyl (C=O) groups excluding carboxylic acids is 1. The molecule has 1 aliphatic heterocycles. The summed E-state index contributed by atoms with van der Waals surface area (Å²) in [6, 6.07) is 0. The van der Waals surface area contributed by atoms with Crippen molar-refractivity contribution in [3.05, 3.63) is 0 Å². The summed E-state index contributed by atoms with van der Waals surface area (Å²) in [6.45, 7) is 8.10. The molecule has 0 aliphatic carbocycles. The lowest BCUT2D eigenvalue weighted by atomic mass is 9.90. The Morgan fingerprint density at radius 2 is 1.86 bits per heavy atom. The molecule has 0 amide bonds. The minimum absolute atomic E-state index is 0.156. The summed E-state index contributed by atoms with van der Waals surface area (Å²) in [5, 5.41) is 9.31. The number of likely N-dealkylation sites (tertiary alicyclic amines) is 1. The molecule has 0 bridgehead atoms. The molecule has 1 heterocycles. The fourth-order valence-electron chi connectivity index (χ4n) is 1.52. The first-order chi connectivity index (χ1) is 6.39. The molecule has 1 N–H and O–H groups in total. The number of ketones is 1. The summed E-state index contributed by atoms with van der Waals surface area (Å²) >= 11 is 0. The van der Waals surface area contributed by atoms with Crippen molar-refractivity contribution in [2.45, 2.75) is 39.7 Å². The smallest absolute Gasteiger partial charge is 0.152 e. The van der Waals surface area contributed by atoms with Crippen molar-refractivity contribution < 1.29 is 9.90 Å². The highest BCUT2D eigenvalue weighted by molar-refractivity contribution is 5.85. The largest absolute Gasteiger partial charge is 0.393 e. The number of carbonyl (C=O) groups is 1. The number of rotatable bonds is 2. The van der Waals surface area contributed by atoms with E-state index in [0.29, 0.717) is 6.54 Å². The van der Waals surface area contributed by atoms with Gasteiger partial charge in [-0.1, -0.05) is 20.8 Å². The van der Waals surface area contributed by atoms with Gasteiger partial charge in [-0.05, 0) is 12.8 Å². The molecule has 82 valence electrons. The monoisotopic (exact) mass is 199 g/mol. The van der Waals surface area contributed by atoms with Crippen LogP contribution in [0.15, 0.2) is 0 Å². The van der Waals surface area contributed by atoms with E-state index in [4.69, 9.17) is 0 Å². The normalized spacial score (nSPS) is 21.1. The van der Waals surface area contributed by atoms with Crippen LogP contribution in [-0.4, -0.2) is 41.5 Å². The third-order valence-corrected chi connectivity index (χ3v) is 2.76. The third kappa shape index (κ3) is 3.39. The fourth-order valence-corrected chi connectivity index (χ4v) is 1.52. The van der Waals surface area contributed by atoms with Crippen molar-refractivity contribution >= 4 is 5.78 Å². The van der Waals surface area contributed by atoms with E-state index >= 15 is 0 Å². The second kappa shape index (κ2) is 4.41. The lowest BCUT2D eigenvalue weighted by molar-refractivity contribution is -0.128. The number of hydrogen-bond donors (Lipinski definition) is 1. The molecule has 0 unspecified atom stereocenters. The topological polar surface area (TPSA) is 40.5 Å². The lowest BCUT2D eigenvalue weighted by Gasteiger charge is -2.30. The average Bonchev–Trinajstić information content (AvgIpc) is 2.07. The van der Waals surface area contributed by atoms with Gasteiger partial charge in [-0.15, -0.1) is 0 Å². The zero-order valence-corrected chi connectivity index (χ0v) is 9.42. The number of aliphatic hydroxyl groups excluding tert-OH is 1. The minimum Gasteiger partial charge on any atom is -0.393 e. The summed E-state index contributed by atoms with van der Waals surface area (Å²) < 4.78 is 0. The maximum absolute atomic E-state index is 11.7. The van der Waals surface area contributed by atoms with Crippen LogP contribution in [0.25, 0.3) is 0 Å². The van der Waals surface area contributed by atoms with Gasteiger partial charge in [0.2, 0.25) is 0 Å². The van der Waals surface area contributed by atoms with Crippen LogP contribution in [0, 0.1) is 5.41 Å². The highest BCUT2D eigenvalue weighted by atomic mass is 16.3. The van der Waals surface area contributed by atoms with Crippen molar-refractivity contribution in [1.29, 1.82) is 0 Å². The molecule has 0 atom stereocenters. The number of Topliss-reactive ketones (excluding diaryl/α,β-unsaturated/α-hetero) is 1.